The molecule has 0 aromatic carbocycles. The highest BCUT2D eigenvalue weighted by molar-refractivity contribution is 5.86. The number of carbonyl (C=O) groups excluding carboxylic acids is 1. The Morgan fingerprint density at radius 1 is 1.42 bits per heavy atom. The molecule has 0 bridgehead atoms. The van der Waals surface area contributed by atoms with E-state index in [1.807, 2.05) is 25.1 Å². The van der Waals surface area contributed by atoms with Gasteiger partial charge in [-0.2, -0.15) is 0 Å². The van der Waals surface area contributed by atoms with Gasteiger partial charge < -0.3 is 14.5 Å². The minimum atomic E-state index is -0.468. The maximum Gasteiger partial charge on any atom is 0.373 e. The zero-order valence-electron chi connectivity index (χ0n) is 10.9. The molecule has 2 rings (SSSR count). The quantitative estimate of drug-likeness (QED) is 0.836. The summed E-state index contributed by atoms with van der Waals surface area (Å²) in [6, 6.07) is 9.25. The molecule has 0 aliphatic rings. The minimum Gasteiger partial charge on any atom is -0.463 e. The second kappa shape index (κ2) is 6.15. The molecule has 2 aromatic heterocycles. The normalized spacial score (nSPS) is 12.1. The predicted molar refractivity (Wildman–Crippen MR) is 69.5 cm³/mol. The number of hydrogen-bond acceptors (Lipinski definition) is 5. The van der Waals surface area contributed by atoms with E-state index < -0.39 is 5.97 Å². The Bertz CT molecular complexity index is 537. The third kappa shape index (κ3) is 3.42. The van der Waals surface area contributed by atoms with Gasteiger partial charge in [-0.1, -0.05) is 6.07 Å². The Labute approximate surface area is 111 Å². The van der Waals surface area contributed by atoms with E-state index in [1.54, 1.807) is 18.3 Å². The van der Waals surface area contributed by atoms with E-state index in [1.165, 1.54) is 7.11 Å². The third-order valence-electron chi connectivity index (χ3n) is 2.76. The molecule has 0 aliphatic heterocycles. The first-order valence-electron chi connectivity index (χ1n) is 6.02. The third-order valence-corrected chi connectivity index (χ3v) is 2.76. The van der Waals surface area contributed by atoms with Crippen LogP contribution in [0.1, 0.15) is 35.0 Å². The number of aromatic nitrogens is 1. The molecule has 2 aromatic rings. The number of methoxy groups -OCH3 is 1. The maximum atomic E-state index is 11.2. The first kappa shape index (κ1) is 13.3. The summed E-state index contributed by atoms with van der Waals surface area (Å²) in [6.07, 6.45) is 1.76. The molecule has 0 radical (unpaired) electrons. The zero-order chi connectivity index (χ0) is 13.7. The van der Waals surface area contributed by atoms with Crippen LogP contribution in [0.2, 0.25) is 0 Å². The number of pyridine rings is 1. The smallest absolute Gasteiger partial charge is 0.373 e. The molecule has 1 atom stereocenters. The van der Waals surface area contributed by atoms with E-state index in [2.05, 4.69) is 15.0 Å². The van der Waals surface area contributed by atoms with Crippen molar-refractivity contribution in [2.75, 3.05) is 7.11 Å². The maximum absolute atomic E-state index is 11.2. The molecule has 0 saturated heterocycles. The van der Waals surface area contributed by atoms with Crippen LogP contribution in [-0.2, 0) is 11.3 Å². The van der Waals surface area contributed by atoms with E-state index in [9.17, 15) is 4.79 Å². The van der Waals surface area contributed by atoms with Crippen LogP contribution < -0.4 is 5.32 Å². The Hall–Kier alpha value is -2.14. The van der Waals surface area contributed by atoms with Crippen LogP contribution in [0.25, 0.3) is 0 Å². The molecule has 19 heavy (non-hydrogen) atoms. The summed E-state index contributed by atoms with van der Waals surface area (Å²) in [6.45, 7) is 2.54. The summed E-state index contributed by atoms with van der Waals surface area (Å²) in [5, 5.41) is 3.28. The molecule has 2 heterocycles. The topological polar surface area (TPSA) is 64.4 Å². The summed E-state index contributed by atoms with van der Waals surface area (Å²) in [4.78, 5) is 15.5. The Balaban J connectivity index is 1.92. The Kier molecular flexibility index (Phi) is 4.30. The minimum absolute atomic E-state index is 0.105. The molecule has 0 aliphatic carbocycles. The molecule has 0 amide bonds. The molecule has 0 saturated carbocycles. The first-order valence-corrected chi connectivity index (χ1v) is 6.02. The second-order valence-electron chi connectivity index (χ2n) is 4.11. The lowest BCUT2D eigenvalue weighted by molar-refractivity contribution is 0.0563. The number of furan rings is 1. The van der Waals surface area contributed by atoms with Gasteiger partial charge in [0.1, 0.15) is 5.76 Å². The van der Waals surface area contributed by atoms with Crippen molar-refractivity contribution in [3.63, 3.8) is 0 Å². The van der Waals surface area contributed by atoms with Gasteiger partial charge in [-0.15, -0.1) is 0 Å². The van der Waals surface area contributed by atoms with Gasteiger partial charge in [0.05, 0.1) is 19.3 Å². The van der Waals surface area contributed by atoms with Crippen molar-refractivity contribution in [2.45, 2.75) is 19.5 Å². The fraction of sp³-hybridized carbons (Fsp3) is 0.286. The summed E-state index contributed by atoms with van der Waals surface area (Å²) in [5.74, 6) is 0.428. The van der Waals surface area contributed by atoms with E-state index in [0.29, 0.717) is 12.3 Å². The van der Waals surface area contributed by atoms with E-state index in [-0.39, 0.29) is 11.8 Å². The van der Waals surface area contributed by atoms with Crippen LogP contribution in [0, 0.1) is 0 Å². The fourth-order valence-electron chi connectivity index (χ4n) is 1.67. The first-order chi connectivity index (χ1) is 9.20. The number of esters is 1. The average Bonchev–Trinajstić information content (AvgIpc) is 2.93. The SMILES string of the molecule is COC(=O)c1ccc(CN[C@H](C)c2ccccn2)o1. The van der Waals surface area contributed by atoms with Crippen molar-refractivity contribution < 1.29 is 13.9 Å². The highest BCUT2D eigenvalue weighted by Gasteiger charge is 2.12. The van der Waals surface area contributed by atoms with Crippen molar-refractivity contribution in [3.8, 4) is 0 Å². The highest BCUT2D eigenvalue weighted by atomic mass is 16.5. The fourth-order valence-corrected chi connectivity index (χ4v) is 1.67. The molecule has 5 nitrogen and oxygen atoms in total. The number of carbonyl (C=O) groups is 1. The largest absolute Gasteiger partial charge is 0.463 e. The van der Waals surface area contributed by atoms with Crippen LogP contribution in [0.15, 0.2) is 40.9 Å². The summed E-state index contributed by atoms with van der Waals surface area (Å²) < 4.78 is 9.95. The molecular formula is C14H16N2O3. The van der Waals surface area contributed by atoms with Gasteiger partial charge in [-0.3, -0.25) is 4.98 Å². The van der Waals surface area contributed by atoms with Gasteiger partial charge in [0.25, 0.3) is 0 Å². The van der Waals surface area contributed by atoms with E-state index >= 15 is 0 Å². The van der Waals surface area contributed by atoms with Crippen molar-refractivity contribution >= 4 is 5.97 Å². The Morgan fingerprint density at radius 2 is 2.26 bits per heavy atom. The summed E-state index contributed by atoms with van der Waals surface area (Å²) in [5.41, 5.74) is 0.960. The van der Waals surface area contributed by atoms with Crippen molar-refractivity contribution in [1.82, 2.24) is 10.3 Å². The molecule has 5 heteroatoms. The molecule has 0 unspecified atom stereocenters. The van der Waals surface area contributed by atoms with Crippen LogP contribution in [-0.4, -0.2) is 18.1 Å². The predicted octanol–water partition coefficient (Wildman–Crippen LogP) is 2.31. The molecule has 100 valence electrons. The number of rotatable bonds is 5. The monoisotopic (exact) mass is 260 g/mol. The van der Waals surface area contributed by atoms with Gasteiger partial charge in [-0.05, 0) is 31.2 Å². The van der Waals surface area contributed by atoms with Crippen LogP contribution >= 0.6 is 0 Å². The second-order valence-corrected chi connectivity index (χ2v) is 4.11. The lowest BCUT2D eigenvalue weighted by Gasteiger charge is -2.11. The van der Waals surface area contributed by atoms with Crippen molar-refractivity contribution in [3.05, 3.63) is 53.7 Å². The average molecular weight is 260 g/mol. The molecular weight excluding hydrogens is 244 g/mol. The number of hydrogen-bond donors (Lipinski definition) is 1. The zero-order valence-corrected chi connectivity index (χ0v) is 10.9. The van der Waals surface area contributed by atoms with E-state index in [4.69, 9.17) is 4.42 Å². The number of nitrogens with one attached hydrogen (secondary N) is 1. The number of ether oxygens (including phenoxy) is 1. The van der Waals surface area contributed by atoms with Crippen molar-refractivity contribution in [2.24, 2.45) is 0 Å². The van der Waals surface area contributed by atoms with Gasteiger partial charge in [0.2, 0.25) is 5.76 Å². The standard InChI is InChI=1S/C14H16N2O3/c1-10(12-5-3-4-8-15-12)16-9-11-6-7-13(19-11)14(17)18-2/h3-8,10,16H,9H2,1-2H3/t10-/m1/s1. The molecule has 0 fully saturated rings. The lowest BCUT2D eigenvalue weighted by Crippen LogP contribution is -2.18. The van der Waals surface area contributed by atoms with Gasteiger partial charge in [0, 0.05) is 12.2 Å². The van der Waals surface area contributed by atoms with Crippen molar-refractivity contribution in [1.29, 1.82) is 0 Å². The molecule has 0 spiro atoms. The van der Waals surface area contributed by atoms with Gasteiger partial charge in [0.15, 0.2) is 0 Å². The summed E-state index contributed by atoms with van der Waals surface area (Å²) in [7, 11) is 1.33. The van der Waals surface area contributed by atoms with Gasteiger partial charge >= 0.3 is 5.97 Å². The lowest BCUT2D eigenvalue weighted by atomic mass is 10.2. The molecule has 1 N–H and O–H groups in total. The van der Waals surface area contributed by atoms with Crippen LogP contribution in [0.3, 0.4) is 0 Å². The Morgan fingerprint density at radius 3 is 2.95 bits per heavy atom. The number of nitrogens with zero attached hydrogens (tertiary/aromatic N) is 1. The summed E-state index contributed by atoms with van der Waals surface area (Å²) >= 11 is 0. The highest BCUT2D eigenvalue weighted by Crippen LogP contribution is 2.12. The van der Waals surface area contributed by atoms with Crippen LogP contribution in [0.4, 0.5) is 0 Å². The van der Waals surface area contributed by atoms with Crippen LogP contribution in [0.5, 0.6) is 0 Å². The van der Waals surface area contributed by atoms with E-state index in [0.717, 1.165) is 5.69 Å². The van der Waals surface area contributed by atoms with Gasteiger partial charge in [-0.25, -0.2) is 4.79 Å².